The monoisotopic (exact) mass is 324 g/mol. The Kier molecular flexibility index (Phi) is 5.41. The molecule has 1 atom stereocenters. The van der Waals surface area contributed by atoms with Crippen molar-refractivity contribution in [3.05, 3.63) is 34.9 Å². The molecule has 0 bridgehead atoms. The minimum atomic E-state index is -1.11. The number of carboxylic acids is 1. The van der Waals surface area contributed by atoms with Crippen molar-refractivity contribution >= 4 is 23.4 Å². The van der Waals surface area contributed by atoms with Gasteiger partial charge in [-0.15, -0.1) is 0 Å². The molecule has 7 heteroatoms. The molecule has 0 aliphatic heterocycles. The molecule has 0 aliphatic carbocycles. The number of nitrogens with one attached hydrogen (secondary N) is 1. The summed E-state index contributed by atoms with van der Waals surface area (Å²) in [4.78, 5) is 11.5. The molecule has 22 heavy (non-hydrogen) atoms. The molecule has 1 heterocycles. The zero-order chi connectivity index (χ0) is 16.1. The van der Waals surface area contributed by atoms with E-state index in [9.17, 15) is 9.90 Å². The lowest BCUT2D eigenvalue weighted by molar-refractivity contribution is 0.0697. The summed E-state index contributed by atoms with van der Waals surface area (Å²) < 4.78 is 10.6. The molecular formula is C15H17ClN2O4. The Morgan fingerprint density at radius 2 is 2.14 bits per heavy atom. The number of aromatic nitrogens is 1. The predicted molar refractivity (Wildman–Crippen MR) is 83.5 cm³/mol. The van der Waals surface area contributed by atoms with Crippen LogP contribution in [0, 0.1) is 0 Å². The number of anilines is 1. The third-order valence-corrected chi connectivity index (χ3v) is 3.27. The maximum atomic E-state index is 11.5. The van der Waals surface area contributed by atoms with Crippen LogP contribution in [0.5, 0.6) is 0 Å². The smallest absolute Gasteiger partial charge is 0.343 e. The number of carbonyl (C=O) groups is 1. The summed E-state index contributed by atoms with van der Waals surface area (Å²) in [6.07, 6.45) is -0.0673. The summed E-state index contributed by atoms with van der Waals surface area (Å²) in [5.41, 5.74) is 0.589. The Hall–Kier alpha value is -2.05. The van der Waals surface area contributed by atoms with E-state index in [1.807, 2.05) is 13.8 Å². The highest BCUT2D eigenvalue weighted by atomic mass is 35.5. The van der Waals surface area contributed by atoms with Gasteiger partial charge in [-0.3, -0.25) is 0 Å². The number of carboxylic acid groups (broad SMARTS) is 1. The van der Waals surface area contributed by atoms with Crippen molar-refractivity contribution in [3.8, 4) is 11.3 Å². The van der Waals surface area contributed by atoms with Gasteiger partial charge in [0.25, 0.3) is 0 Å². The van der Waals surface area contributed by atoms with Crippen molar-refractivity contribution < 1.29 is 19.2 Å². The van der Waals surface area contributed by atoms with E-state index in [2.05, 4.69) is 10.5 Å². The van der Waals surface area contributed by atoms with Crippen molar-refractivity contribution in [2.45, 2.75) is 20.0 Å². The first kappa shape index (κ1) is 16.3. The van der Waals surface area contributed by atoms with Crippen molar-refractivity contribution in [1.29, 1.82) is 0 Å². The second-order valence-electron chi connectivity index (χ2n) is 4.69. The van der Waals surface area contributed by atoms with Crippen LogP contribution < -0.4 is 5.32 Å². The van der Waals surface area contributed by atoms with Gasteiger partial charge < -0.3 is 19.7 Å². The number of benzene rings is 1. The lowest BCUT2D eigenvalue weighted by Crippen LogP contribution is -2.20. The number of nitrogens with zero attached hydrogens (tertiary/aromatic N) is 1. The van der Waals surface area contributed by atoms with Gasteiger partial charge in [-0.1, -0.05) is 16.8 Å². The molecule has 0 fully saturated rings. The van der Waals surface area contributed by atoms with Crippen molar-refractivity contribution in [3.63, 3.8) is 0 Å². The van der Waals surface area contributed by atoms with Crippen LogP contribution in [0.2, 0.25) is 5.02 Å². The molecule has 2 N–H and O–H groups in total. The first-order chi connectivity index (χ1) is 10.5. The summed E-state index contributed by atoms with van der Waals surface area (Å²) in [6, 6.07) is 6.69. The normalized spacial score (nSPS) is 12.1. The fourth-order valence-electron chi connectivity index (χ4n) is 1.99. The molecule has 0 aliphatic rings. The molecule has 118 valence electrons. The van der Waals surface area contributed by atoms with Crippen molar-refractivity contribution in [2.75, 3.05) is 18.5 Å². The highest BCUT2D eigenvalue weighted by Crippen LogP contribution is 2.30. The zero-order valence-corrected chi connectivity index (χ0v) is 13.1. The zero-order valence-electron chi connectivity index (χ0n) is 12.3. The largest absolute Gasteiger partial charge is 0.477 e. The average Bonchev–Trinajstić information content (AvgIpc) is 2.90. The van der Waals surface area contributed by atoms with Crippen LogP contribution in [0.25, 0.3) is 11.3 Å². The number of aromatic carboxylic acids is 1. The van der Waals surface area contributed by atoms with Gasteiger partial charge in [0.2, 0.25) is 0 Å². The second-order valence-corrected chi connectivity index (χ2v) is 5.13. The maximum Gasteiger partial charge on any atom is 0.343 e. The highest BCUT2D eigenvalue weighted by molar-refractivity contribution is 6.30. The third-order valence-electron chi connectivity index (χ3n) is 3.02. The Labute approximate surface area is 133 Å². The Balaban J connectivity index is 2.25. The number of hydrogen-bond donors (Lipinski definition) is 2. The minimum absolute atomic E-state index is 0.00831. The maximum absolute atomic E-state index is 11.5. The SMILES string of the molecule is CCOC(C)CNc1noc(-c2ccc(Cl)cc2)c1C(=O)O. The standard InChI is InChI=1S/C15H17ClN2O4/c1-3-21-9(2)8-17-14-12(15(19)20)13(22-18-14)10-4-6-11(16)7-5-10/h4-7,9H,3,8H2,1-2H3,(H,17,18)(H,19,20). The predicted octanol–water partition coefficient (Wildman–Crippen LogP) is 3.53. The van der Waals surface area contributed by atoms with Crippen molar-refractivity contribution in [1.82, 2.24) is 5.16 Å². The summed E-state index contributed by atoms with van der Waals surface area (Å²) in [7, 11) is 0. The van der Waals surface area contributed by atoms with E-state index in [4.69, 9.17) is 20.9 Å². The van der Waals surface area contributed by atoms with Gasteiger partial charge in [0.15, 0.2) is 17.1 Å². The van der Waals surface area contributed by atoms with E-state index in [1.54, 1.807) is 24.3 Å². The quantitative estimate of drug-likeness (QED) is 0.810. The van der Waals surface area contributed by atoms with E-state index in [-0.39, 0.29) is 23.2 Å². The average molecular weight is 325 g/mol. The van der Waals surface area contributed by atoms with Gasteiger partial charge in [0.1, 0.15) is 0 Å². The number of rotatable bonds is 7. The van der Waals surface area contributed by atoms with E-state index in [0.29, 0.717) is 23.7 Å². The minimum Gasteiger partial charge on any atom is -0.477 e. The van der Waals surface area contributed by atoms with Gasteiger partial charge in [-0.2, -0.15) is 0 Å². The fourth-order valence-corrected chi connectivity index (χ4v) is 2.12. The lowest BCUT2D eigenvalue weighted by atomic mass is 10.1. The topological polar surface area (TPSA) is 84.6 Å². The van der Waals surface area contributed by atoms with Gasteiger partial charge in [-0.25, -0.2) is 4.79 Å². The molecule has 0 saturated carbocycles. The van der Waals surface area contributed by atoms with Crippen LogP contribution in [0.15, 0.2) is 28.8 Å². The Morgan fingerprint density at radius 3 is 2.73 bits per heavy atom. The van der Waals surface area contributed by atoms with E-state index >= 15 is 0 Å². The molecule has 2 aromatic rings. The molecule has 0 spiro atoms. The molecule has 2 rings (SSSR count). The number of hydrogen-bond acceptors (Lipinski definition) is 5. The van der Waals surface area contributed by atoms with E-state index in [0.717, 1.165) is 0 Å². The van der Waals surface area contributed by atoms with Gasteiger partial charge in [0.05, 0.1) is 6.10 Å². The molecule has 6 nitrogen and oxygen atoms in total. The lowest BCUT2D eigenvalue weighted by Gasteiger charge is -2.11. The summed E-state index contributed by atoms with van der Waals surface area (Å²) in [5, 5.41) is 16.7. The molecule has 1 unspecified atom stereocenters. The van der Waals surface area contributed by atoms with E-state index < -0.39 is 5.97 Å². The molecule has 1 aromatic carbocycles. The number of ether oxygens (including phenoxy) is 1. The second kappa shape index (κ2) is 7.29. The van der Waals surface area contributed by atoms with Crippen LogP contribution in [0.4, 0.5) is 5.82 Å². The Bertz CT molecular complexity index is 639. The first-order valence-corrected chi connectivity index (χ1v) is 7.25. The van der Waals surface area contributed by atoms with Crippen LogP contribution in [0.1, 0.15) is 24.2 Å². The van der Waals surface area contributed by atoms with Crippen LogP contribution in [0.3, 0.4) is 0 Å². The van der Waals surface area contributed by atoms with Crippen molar-refractivity contribution in [2.24, 2.45) is 0 Å². The van der Waals surface area contributed by atoms with Crippen LogP contribution in [-0.4, -0.2) is 35.5 Å². The summed E-state index contributed by atoms with van der Waals surface area (Å²) >= 11 is 5.83. The van der Waals surface area contributed by atoms with E-state index in [1.165, 1.54) is 0 Å². The highest BCUT2D eigenvalue weighted by Gasteiger charge is 2.24. The van der Waals surface area contributed by atoms with Crippen LogP contribution in [-0.2, 0) is 4.74 Å². The fraction of sp³-hybridized carbons (Fsp3) is 0.333. The molecule has 0 amide bonds. The van der Waals surface area contributed by atoms with Crippen LogP contribution >= 0.6 is 11.6 Å². The number of halogens is 1. The van der Waals surface area contributed by atoms with Gasteiger partial charge in [0, 0.05) is 23.7 Å². The molecule has 0 saturated heterocycles. The first-order valence-electron chi connectivity index (χ1n) is 6.87. The summed E-state index contributed by atoms with van der Waals surface area (Å²) in [6.45, 7) is 4.80. The molecular weight excluding hydrogens is 308 g/mol. The Morgan fingerprint density at radius 1 is 1.45 bits per heavy atom. The van der Waals surface area contributed by atoms with Gasteiger partial charge >= 0.3 is 5.97 Å². The summed E-state index contributed by atoms with van der Waals surface area (Å²) in [5.74, 6) is -0.738. The molecule has 1 aromatic heterocycles. The molecule has 0 radical (unpaired) electrons. The third kappa shape index (κ3) is 3.78. The van der Waals surface area contributed by atoms with Gasteiger partial charge in [-0.05, 0) is 38.1 Å².